The summed E-state index contributed by atoms with van der Waals surface area (Å²) in [4.78, 5) is 11.0. The van der Waals surface area contributed by atoms with E-state index < -0.39 is 0 Å². The van der Waals surface area contributed by atoms with Crippen LogP contribution in [0.15, 0.2) is 0 Å². The van der Waals surface area contributed by atoms with Crippen LogP contribution in [0.5, 0.6) is 0 Å². The first-order valence-electron chi connectivity index (χ1n) is 3.52. The Labute approximate surface area is 62.2 Å². The predicted octanol–water partition coefficient (Wildman–Crippen LogP) is -1.22. The van der Waals surface area contributed by atoms with E-state index in [1.165, 1.54) is 0 Å². The molecule has 0 radical (unpaired) electrons. The lowest BCUT2D eigenvalue weighted by Gasteiger charge is -2.16. The molecule has 56 valence electrons. The Morgan fingerprint density at radius 2 is 2.50 bits per heavy atom. The first-order valence-corrected chi connectivity index (χ1v) is 4.34. The monoisotopic (exact) mass is 158 g/mol. The van der Waals surface area contributed by atoms with Crippen LogP contribution in [0.4, 0.5) is 0 Å². The van der Waals surface area contributed by atoms with Gasteiger partial charge in [-0.15, -0.1) is 0 Å². The molecule has 1 aliphatic heterocycles. The topological polar surface area (TPSA) is 38.8 Å². The van der Waals surface area contributed by atoms with Gasteiger partial charge in [0.05, 0.1) is 12.2 Å². The first-order chi connectivity index (χ1) is 4.81. The summed E-state index contributed by atoms with van der Waals surface area (Å²) < 4.78 is 10.3. The minimum Gasteiger partial charge on any atom is -0.425 e. The summed E-state index contributed by atoms with van der Waals surface area (Å²) in [5.41, 5.74) is 0. The maximum atomic E-state index is 11.0. The largest absolute Gasteiger partial charge is 0.425 e. The van der Waals surface area contributed by atoms with Crippen molar-refractivity contribution in [1.29, 1.82) is 0 Å². The van der Waals surface area contributed by atoms with Gasteiger partial charge >= 0.3 is 0 Å². The van der Waals surface area contributed by atoms with Crippen molar-refractivity contribution >= 4 is 16.3 Å². The van der Waals surface area contributed by atoms with E-state index in [-0.39, 0.29) is 24.1 Å². The minimum atomic E-state index is -0.0481. The van der Waals surface area contributed by atoms with Gasteiger partial charge in [0.25, 0.3) is 0 Å². The van der Waals surface area contributed by atoms with Crippen LogP contribution < -0.4 is 0 Å². The smallest absolute Gasteiger partial charge is 0.166 e. The number of carbonyl (C=O) groups excluding carboxylic acids is 1. The fourth-order valence-corrected chi connectivity index (χ4v) is 1.83. The third-order valence-electron chi connectivity index (χ3n) is 2.16. The summed E-state index contributed by atoms with van der Waals surface area (Å²) in [6.07, 6.45) is 1.83. The van der Waals surface area contributed by atoms with Crippen LogP contribution in [0.1, 0.15) is 12.8 Å². The highest BCUT2D eigenvalue weighted by atomic mass is 28.2. The average molecular weight is 158 g/mol. The average Bonchev–Trinajstić information content (AvgIpc) is 2.66. The Hall–Kier alpha value is -0.193. The highest BCUT2D eigenvalue weighted by Crippen LogP contribution is 2.34. The minimum absolute atomic E-state index is 0.0481. The molecule has 0 amide bonds. The molecule has 0 N–H and O–H groups in total. The normalized spacial score (nSPS) is 45.2. The molecule has 2 fully saturated rings. The van der Waals surface area contributed by atoms with E-state index in [0.29, 0.717) is 6.42 Å². The molecule has 2 aliphatic rings. The summed E-state index contributed by atoms with van der Waals surface area (Å²) in [5.74, 6) is 0.233. The zero-order valence-corrected chi connectivity index (χ0v) is 7.87. The van der Waals surface area contributed by atoms with E-state index in [4.69, 9.17) is 9.16 Å². The van der Waals surface area contributed by atoms with Gasteiger partial charge in [-0.1, -0.05) is 0 Å². The Kier molecular flexibility index (Phi) is 1.40. The number of hydrogen-bond donors (Lipinski definition) is 0. The summed E-state index contributed by atoms with van der Waals surface area (Å²) in [7, 11) is 0.723. The van der Waals surface area contributed by atoms with Gasteiger partial charge in [0, 0.05) is 12.8 Å². The van der Waals surface area contributed by atoms with Crippen LogP contribution in [-0.4, -0.2) is 34.6 Å². The van der Waals surface area contributed by atoms with Crippen LogP contribution >= 0.6 is 0 Å². The van der Waals surface area contributed by atoms with Gasteiger partial charge in [-0.3, -0.25) is 4.79 Å². The van der Waals surface area contributed by atoms with Crippen LogP contribution in [-0.2, 0) is 14.0 Å². The SMILES string of the molecule is O=C1CC(O[SiH3])CC2OC12. The van der Waals surface area contributed by atoms with Crippen molar-refractivity contribution in [3.05, 3.63) is 0 Å². The van der Waals surface area contributed by atoms with Gasteiger partial charge in [0.15, 0.2) is 5.78 Å². The fourth-order valence-electron chi connectivity index (χ4n) is 1.47. The number of rotatable bonds is 1. The standard InChI is InChI=1S/C6H10O3Si/c7-4-1-3(9-10)2-5-6(4)8-5/h3,5-6H,1-2H2,10H3. The second-order valence-electron chi connectivity index (χ2n) is 2.86. The highest BCUT2D eigenvalue weighted by molar-refractivity contribution is 5.98. The lowest BCUT2D eigenvalue weighted by molar-refractivity contribution is -0.122. The number of Topliss-reactive ketones (excluding diaryl/α,β-unsaturated/α-hetero) is 1. The Balaban J connectivity index is 1.99. The van der Waals surface area contributed by atoms with Crippen molar-refractivity contribution in [3.8, 4) is 0 Å². The summed E-state index contributed by atoms with van der Waals surface area (Å²) in [5, 5.41) is 0. The molecule has 0 spiro atoms. The second kappa shape index (κ2) is 2.15. The number of ketones is 1. The van der Waals surface area contributed by atoms with Crippen molar-refractivity contribution < 1.29 is 14.0 Å². The lowest BCUT2D eigenvalue weighted by Crippen LogP contribution is -2.28. The maximum absolute atomic E-state index is 11.0. The number of ether oxygens (including phenoxy) is 1. The number of carbonyl (C=O) groups is 1. The molecule has 0 aromatic carbocycles. The van der Waals surface area contributed by atoms with Crippen LogP contribution in [0.25, 0.3) is 0 Å². The van der Waals surface area contributed by atoms with E-state index in [9.17, 15) is 4.79 Å². The van der Waals surface area contributed by atoms with E-state index in [1.807, 2.05) is 0 Å². The molecule has 0 bridgehead atoms. The molecule has 1 saturated carbocycles. The van der Waals surface area contributed by atoms with E-state index >= 15 is 0 Å². The number of hydrogen-bond acceptors (Lipinski definition) is 3. The van der Waals surface area contributed by atoms with E-state index in [2.05, 4.69) is 0 Å². The third kappa shape index (κ3) is 0.922. The Morgan fingerprint density at radius 3 is 3.10 bits per heavy atom. The van der Waals surface area contributed by atoms with Gasteiger partial charge in [-0.2, -0.15) is 0 Å². The molecule has 2 rings (SSSR count). The van der Waals surface area contributed by atoms with Crippen LogP contribution in [0.2, 0.25) is 0 Å². The number of epoxide rings is 1. The van der Waals surface area contributed by atoms with Gasteiger partial charge in [0.1, 0.15) is 16.6 Å². The summed E-state index contributed by atoms with van der Waals surface area (Å²) >= 11 is 0. The predicted molar refractivity (Wildman–Crippen MR) is 37.7 cm³/mol. The van der Waals surface area contributed by atoms with Crippen molar-refractivity contribution in [1.82, 2.24) is 0 Å². The molecule has 10 heavy (non-hydrogen) atoms. The van der Waals surface area contributed by atoms with Gasteiger partial charge < -0.3 is 9.16 Å². The third-order valence-corrected chi connectivity index (χ3v) is 2.82. The van der Waals surface area contributed by atoms with Crippen molar-refractivity contribution in [2.45, 2.75) is 31.2 Å². The summed E-state index contributed by atoms with van der Waals surface area (Å²) in [6.45, 7) is 0. The molecular weight excluding hydrogens is 148 g/mol. The van der Waals surface area contributed by atoms with Gasteiger partial charge in [-0.25, -0.2) is 0 Å². The van der Waals surface area contributed by atoms with Crippen LogP contribution in [0.3, 0.4) is 0 Å². The first kappa shape index (κ1) is 6.51. The van der Waals surface area contributed by atoms with Crippen molar-refractivity contribution in [2.75, 3.05) is 0 Å². The van der Waals surface area contributed by atoms with Crippen LogP contribution in [0, 0.1) is 0 Å². The molecule has 1 heterocycles. The highest BCUT2D eigenvalue weighted by Gasteiger charge is 2.49. The molecule has 0 aromatic heterocycles. The molecule has 0 aromatic rings. The molecular formula is C6H10O3Si. The van der Waals surface area contributed by atoms with Crippen molar-refractivity contribution in [3.63, 3.8) is 0 Å². The van der Waals surface area contributed by atoms with E-state index in [1.54, 1.807) is 0 Å². The molecule has 1 saturated heterocycles. The summed E-state index contributed by atoms with van der Waals surface area (Å²) in [6, 6.07) is 0. The zero-order valence-electron chi connectivity index (χ0n) is 5.87. The molecule has 3 nitrogen and oxygen atoms in total. The Bertz CT molecular complexity index is 170. The fraction of sp³-hybridized carbons (Fsp3) is 0.833. The molecule has 3 atom stereocenters. The van der Waals surface area contributed by atoms with Gasteiger partial charge in [-0.05, 0) is 0 Å². The molecule has 3 unspecified atom stereocenters. The Morgan fingerprint density at radius 1 is 1.70 bits per heavy atom. The zero-order chi connectivity index (χ0) is 7.14. The van der Waals surface area contributed by atoms with Crippen molar-refractivity contribution in [2.24, 2.45) is 0 Å². The second-order valence-corrected chi connectivity index (χ2v) is 3.33. The molecule has 4 heteroatoms. The van der Waals surface area contributed by atoms with Gasteiger partial charge in [0.2, 0.25) is 0 Å². The quantitative estimate of drug-likeness (QED) is 0.355. The van der Waals surface area contributed by atoms with E-state index in [0.717, 1.165) is 16.9 Å². The molecule has 1 aliphatic carbocycles. The number of fused-ring (bicyclic) bond motifs is 1. The lowest BCUT2D eigenvalue weighted by atomic mass is 9.97. The maximum Gasteiger partial charge on any atom is 0.166 e.